The molecule has 0 radical (unpaired) electrons. The highest BCUT2D eigenvalue weighted by Crippen LogP contribution is 2.18. The second kappa shape index (κ2) is 10.1. The topological polar surface area (TPSA) is 129 Å². The lowest BCUT2D eigenvalue weighted by Gasteiger charge is -2.22. The Morgan fingerprint density at radius 3 is 2.21 bits per heavy atom. The van der Waals surface area contributed by atoms with E-state index in [2.05, 4.69) is 20.0 Å². The van der Waals surface area contributed by atoms with Gasteiger partial charge in [-0.05, 0) is 25.5 Å². The highest BCUT2D eigenvalue weighted by atomic mass is 32.2. The van der Waals surface area contributed by atoms with Gasteiger partial charge in [-0.25, -0.2) is 8.42 Å². The maximum atomic E-state index is 12.7. The number of benzene rings is 1. The van der Waals surface area contributed by atoms with Gasteiger partial charge in [-0.3, -0.25) is 10.1 Å². The number of ether oxygens (including phenoxy) is 3. The van der Waals surface area contributed by atoms with Crippen molar-refractivity contribution in [2.24, 2.45) is 0 Å². The Hall–Kier alpha value is -2.76. The van der Waals surface area contributed by atoms with Crippen molar-refractivity contribution >= 4 is 21.9 Å². The molecule has 11 heteroatoms. The second-order valence-electron chi connectivity index (χ2n) is 5.93. The van der Waals surface area contributed by atoms with Crippen LogP contribution in [-0.2, 0) is 19.6 Å². The molecular formula is C18H24N4O6S. The van der Waals surface area contributed by atoms with E-state index >= 15 is 0 Å². The molecule has 0 aliphatic heterocycles. The predicted octanol–water partition coefficient (Wildman–Crippen LogP) is 1.55. The van der Waals surface area contributed by atoms with E-state index in [1.807, 2.05) is 6.92 Å². The Labute approximate surface area is 169 Å². The summed E-state index contributed by atoms with van der Waals surface area (Å²) >= 11 is 0. The monoisotopic (exact) mass is 424 g/mol. The minimum absolute atomic E-state index is 0.00449. The number of amides is 1. The Bertz CT molecular complexity index is 901. The van der Waals surface area contributed by atoms with Crippen molar-refractivity contribution < 1.29 is 27.4 Å². The van der Waals surface area contributed by atoms with Crippen molar-refractivity contribution in [2.75, 3.05) is 19.5 Å². The lowest BCUT2D eigenvalue weighted by atomic mass is 10.3. The highest BCUT2D eigenvalue weighted by molar-refractivity contribution is 7.89. The zero-order chi connectivity index (χ0) is 21.4. The van der Waals surface area contributed by atoms with E-state index in [9.17, 15) is 13.2 Å². The Morgan fingerprint density at radius 2 is 1.69 bits per heavy atom. The third kappa shape index (κ3) is 6.38. The van der Waals surface area contributed by atoms with Crippen molar-refractivity contribution in [2.45, 2.75) is 37.5 Å². The minimum atomic E-state index is -4.00. The van der Waals surface area contributed by atoms with Crippen LogP contribution < -0.4 is 19.5 Å². The van der Waals surface area contributed by atoms with Crippen LogP contribution in [0.4, 0.5) is 5.95 Å². The molecule has 2 rings (SSSR count). The molecule has 1 aromatic carbocycles. The zero-order valence-electron chi connectivity index (χ0n) is 16.6. The molecule has 0 aliphatic rings. The third-order valence-electron chi connectivity index (χ3n) is 3.83. The van der Waals surface area contributed by atoms with Crippen molar-refractivity contribution in [1.29, 1.82) is 0 Å². The summed E-state index contributed by atoms with van der Waals surface area (Å²) in [7, 11) is -1.20. The summed E-state index contributed by atoms with van der Waals surface area (Å²) < 4.78 is 43.2. The molecule has 0 aliphatic carbocycles. The summed E-state index contributed by atoms with van der Waals surface area (Å²) in [5, 5.41) is 2.42. The minimum Gasteiger partial charge on any atom is -0.481 e. The molecule has 2 unspecified atom stereocenters. The van der Waals surface area contributed by atoms with Crippen LogP contribution in [0, 0.1) is 0 Å². The number of aromatic nitrogens is 2. The summed E-state index contributed by atoms with van der Waals surface area (Å²) in [6, 6.07) is 9.10. The van der Waals surface area contributed by atoms with Gasteiger partial charge in [0.25, 0.3) is 5.91 Å². The van der Waals surface area contributed by atoms with Gasteiger partial charge < -0.3 is 14.2 Å². The fraction of sp³-hybridized carbons (Fsp3) is 0.389. The van der Waals surface area contributed by atoms with Crippen LogP contribution in [0.2, 0.25) is 0 Å². The first-order chi connectivity index (χ1) is 13.8. The van der Waals surface area contributed by atoms with E-state index in [0.29, 0.717) is 6.42 Å². The van der Waals surface area contributed by atoms with E-state index in [0.717, 1.165) is 0 Å². The third-order valence-corrected chi connectivity index (χ3v) is 5.25. The average molecular weight is 424 g/mol. The molecule has 0 spiro atoms. The molecule has 0 fully saturated rings. The normalized spacial score (nSPS) is 13.4. The average Bonchev–Trinajstić information content (AvgIpc) is 2.73. The molecular weight excluding hydrogens is 400 g/mol. The SMILES string of the molecule is CCC(C)OC(NS(=O)(=O)c1ccccc1)C(=O)Nc1nc(OC)cc(OC)n1. The molecule has 2 atom stereocenters. The van der Waals surface area contributed by atoms with E-state index in [1.165, 1.54) is 32.4 Å². The van der Waals surface area contributed by atoms with Gasteiger partial charge in [0.2, 0.25) is 34.0 Å². The number of nitrogens with zero attached hydrogens (tertiary/aromatic N) is 2. The zero-order valence-corrected chi connectivity index (χ0v) is 17.4. The van der Waals surface area contributed by atoms with Gasteiger partial charge in [-0.2, -0.15) is 14.7 Å². The van der Waals surface area contributed by atoms with Crippen molar-refractivity contribution in [3.63, 3.8) is 0 Å². The highest BCUT2D eigenvalue weighted by Gasteiger charge is 2.28. The van der Waals surface area contributed by atoms with Gasteiger partial charge in [0.15, 0.2) is 0 Å². The molecule has 0 saturated heterocycles. The lowest BCUT2D eigenvalue weighted by molar-refractivity contribution is -0.131. The maximum absolute atomic E-state index is 12.7. The first-order valence-corrected chi connectivity index (χ1v) is 10.3. The summed E-state index contributed by atoms with van der Waals surface area (Å²) in [6.07, 6.45) is -1.32. The first kappa shape index (κ1) is 22.5. The summed E-state index contributed by atoms with van der Waals surface area (Å²) in [6.45, 7) is 3.57. The number of carbonyl (C=O) groups is 1. The molecule has 2 N–H and O–H groups in total. The molecule has 29 heavy (non-hydrogen) atoms. The van der Waals surface area contributed by atoms with Crippen LogP contribution in [0.3, 0.4) is 0 Å². The summed E-state index contributed by atoms with van der Waals surface area (Å²) in [5.74, 6) is -0.587. The predicted molar refractivity (Wildman–Crippen MR) is 105 cm³/mol. The summed E-state index contributed by atoms with van der Waals surface area (Å²) in [4.78, 5) is 20.7. The van der Waals surface area contributed by atoms with Gasteiger partial charge in [0.05, 0.1) is 31.3 Å². The van der Waals surface area contributed by atoms with Gasteiger partial charge in [0, 0.05) is 0 Å². The number of sulfonamides is 1. The van der Waals surface area contributed by atoms with E-state index in [4.69, 9.17) is 14.2 Å². The quantitative estimate of drug-likeness (QED) is 0.550. The van der Waals surface area contributed by atoms with Crippen LogP contribution in [0.1, 0.15) is 20.3 Å². The second-order valence-corrected chi connectivity index (χ2v) is 7.65. The van der Waals surface area contributed by atoms with Gasteiger partial charge in [0.1, 0.15) is 0 Å². The van der Waals surface area contributed by atoms with Crippen LogP contribution in [-0.4, -0.2) is 50.8 Å². The van der Waals surface area contributed by atoms with E-state index in [-0.39, 0.29) is 28.7 Å². The smallest absolute Gasteiger partial charge is 0.271 e. The number of hydrogen-bond donors (Lipinski definition) is 2. The van der Waals surface area contributed by atoms with Crippen molar-refractivity contribution in [3.8, 4) is 11.8 Å². The standard InChI is InChI=1S/C18H24N4O6S/c1-5-12(2)28-17(22-29(24,25)13-9-7-6-8-10-13)16(23)21-18-19-14(26-3)11-15(20-18)27-4/h6-12,17,22H,5H2,1-4H3,(H,19,20,21,23). The fourth-order valence-electron chi connectivity index (χ4n) is 2.12. The van der Waals surface area contributed by atoms with Crippen LogP contribution in [0.5, 0.6) is 11.8 Å². The molecule has 1 heterocycles. The van der Waals surface area contributed by atoms with Crippen LogP contribution in [0.25, 0.3) is 0 Å². The number of rotatable bonds is 10. The maximum Gasteiger partial charge on any atom is 0.271 e. The molecule has 0 saturated carbocycles. The number of carbonyl (C=O) groups excluding carboxylic acids is 1. The van der Waals surface area contributed by atoms with Crippen LogP contribution >= 0.6 is 0 Å². The number of hydrogen-bond acceptors (Lipinski definition) is 8. The number of nitrogens with one attached hydrogen (secondary N) is 2. The number of methoxy groups -OCH3 is 2. The molecule has 0 bridgehead atoms. The lowest BCUT2D eigenvalue weighted by Crippen LogP contribution is -2.47. The Morgan fingerprint density at radius 1 is 1.10 bits per heavy atom. The first-order valence-electron chi connectivity index (χ1n) is 8.79. The number of anilines is 1. The molecule has 1 aromatic heterocycles. The van der Waals surface area contributed by atoms with Gasteiger partial charge in [-0.15, -0.1) is 0 Å². The van der Waals surface area contributed by atoms with Gasteiger partial charge >= 0.3 is 0 Å². The van der Waals surface area contributed by atoms with Crippen molar-refractivity contribution in [3.05, 3.63) is 36.4 Å². The molecule has 10 nitrogen and oxygen atoms in total. The Balaban J connectivity index is 2.26. The Kier molecular flexibility index (Phi) is 7.88. The van der Waals surface area contributed by atoms with Crippen LogP contribution in [0.15, 0.2) is 41.3 Å². The molecule has 158 valence electrons. The molecule has 1 amide bonds. The largest absolute Gasteiger partial charge is 0.481 e. The van der Waals surface area contributed by atoms with Gasteiger partial charge in [-0.1, -0.05) is 25.1 Å². The van der Waals surface area contributed by atoms with Crippen molar-refractivity contribution in [1.82, 2.24) is 14.7 Å². The molecule has 2 aromatic rings. The van der Waals surface area contributed by atoms with E-state index in [1.54, 1.807) is 25.1 Å². The summed E-state index contributed by atoms with van der Waals surface area (Å²) in [5.41, 5.74) is 0. The fourth-order valence-corrected chi connectivity index (χ4v) is 3.22. The van der Waals surface area contributed by atoms with E-state index < -0.39 is 22.2 Å².